The van der Waals surface area contributed by atoms with Crippen LogP contribution in [-0.2, 0) is 4.79 Å². The van der Waals surface area contributed by atoms with Crippen LogP contribution >= 0.6 is 0 Å². The van der Waals surface area contributed by atoms with Crippen LogP contribution in [0, 0.1) is 0 Å². The second-order valence-corrected chi connectivity index (χ2v) is 4.71. The predicted octanol–water partition coefficient (Wildman–Crippen LogP) is 1.98. The van der Waals surface area contributed by atoms with Crippen LogP contribution in [0.5, 0.6) is 0 Å². The van der Waals surface area contributed by atoms with Gasteiger partial charge in [-0.05, 0) is 25.7 Å². The van der Waals surface area contributed by atoms with E-state index in [2.05, 4.69) is 5.32 Å². The van der Waals surface area contributed by atoms with Crippen molar-refractivity contribution in [1.29, 1.82) is 0 Å². The van der Waals surface area contributed by atoms with Crippen molar-refractivity contribution in [2.24, 2.45) is 0 Å². The Hall–Kier alpha value is -1.47. The van der Waals surface area contributed by atoms with Gasteiger partial charge in [-0.1, -0.05) is 6.92 Å². The SMILES string of the molecule is CCCN(CC(F)(F)F)C(=O)NC1(C(=O)O)CCC1. The Labute approximate surface area is 108 Å². The average molecular weight is 282 g/mol. The summed E-state index contributed by atoms with van der Waals surface area (Å²) < 4.78 is 37.0. The molecule has 8 heteroatoms. The number of halogens is 3. The summed E-state index contributed by atoms with van der Waals surface area (Å²) in [4.78, 5) is 23.4. The van der Waals surface area contributed by atoms with Gasteiger partial charge in [0.1, 0.15) is 12.1 Å². The quantitative estimate of drug-likeness (QED) is 0.810. The topological polar surface area (TPSA) is 69.6 Å². The highest BCUT2D eigenvalue weighted by Gasteiger charge is 2.47. The van der Waals surface area contributed by atoms with Crippen LogP contribution in [0.1, 0.15) is 32.6 Å². The summed E-state index contributed by atoms with van der Waals surface area (Å²) >= 11 is 0. The highest BCUT2D eigenvalue weighted by atomic mass is 19.4. The summed E-state index contributed by atoms with van der Waals surface area (Å²) in [6.07, 6.45) is -2.99. The first kappa shape index (κ1) is 15.6. The maximum Gasteiger partial charge on any atom is 0.406 e. The van der Waals surface area contributed by atoms with Gasteiger partial charge < -0.3 is 15.3 Å². The van der Waals surface area contributed by atoms with Gasteiger partial charge in [0.25, 0.3) is 0 Å². The molecule has 5 nitrogen and oxygen atoms in total. The van der Waals surface area contributed by atoms with E-state index >= 15 is 0 Å². The number of nitrogens with one attached hydrogen (secondary N) is 1. The monoisotopic (exact) mass is 282 g/mol. The van der Waals surface area contributed by atoms with Gasteiger partial charge in [-0.25, -0.2) is 9.59 Å². The number of rotatable bonds is 5. The molecule has 1 saturated carbocycles. The molecular formula is C11H17F3N2O3. The highest BCUT2D eigenvalue weighted by molar-refractivity contribution is 5.87. The number of carboxylic acid groups (broad SMARTS) is 1. The molecule has 0 bridgehead atoms. The first-order valence-electron chi connectivity index (χ1n) is 6.07. The summed E-state index contributed by atoms with van der Waals surface area (Å²) in [7, 11) is 0. The van der Waals surface area contributed by atoms with Crippen LogP contribution < -0.4 is 5.32 Å². The number of alkyl halides is 3. The lowest BCUT2D eigenvalue weighted by molar-refractivity contribution is -0.148. The van der Waals surface area contributed by atoms with Crippen molar-refractivity contribution in [2.45, 2.75) is 44.3 Å². The zero-order valence-corrected chi connectivity index (χ0v) is 10.6. The molecule has 110 valence electrons. The molecule has 0 atom stereocenters. The molecule has 2 N–H and O–H groups in total. The van der Waals surface area contributed by atoms with E-state index < -0.39 is 30.3 Å². The summed E-state index contributed by atoms with van der Waals surface area (Å²) in [5.41, 5.74) is -1.39. The van der Waals surface area contributed by atoms with Crippen molar-refractivity contribution in [3.8, 4) is 0 Å². The van der Waals surface area contributed by atoms with E-state index in [0.29, 0.717) is 17.7 Å². The minimum atomic E-state index is -4.50. The lowest BCUT2D eigenvalue weighted by atomic mass is 9.77. The van der Waals surface area contributed by atoms with E-state index in [1.54, 1.807) is 6.92 Å². The number of carbonyl (C=O) groups is 2. The molecule has 0 unspecified atom stereocenters. The van der Waals surface area contributed by atoms with Crippen LogP contribution in [-0.4, -0.2) is 46.8 Å². The minimum Gasteiger partial charge on any atom is -0.480 e. The first-order valence-corrected chi connectivity index (χ1v) is 6.07. The van der Waals surface area contributed by atoms with Crippen LogP contribution in [0.15, 0.2) is 0 Å². The summed E-state index contributed by atoms with van der Waals surface area (Å²) in [5, 5.41) is 11.2. The Balaban J connectivity index is 2.69. The number of carbonyl (C=O) groups excluding carboxylic acids is 1. The molecule has 2 amide bonds. The Morgan fingerprint density at radius 3 is 2.26 bits per heavy atom. The van der Waals surface area contributed by atoms with E-state index in [9.17, 15) is 22.8 Å². The molecule has 1 aliphatic rings. The normalized spacial score (nSPS) is 17.5. The zero-order chi connectivity index (χ0) is 14.7. The number of carboxylic acids is 1. The Morgan fingerprint density at radius 2 is 1.95 bits per heavy atom. The van der Waals surface area contributed by atoms with E-state index in [4.69, 9.17) is 5.11 Å². The van der Waals surface area contributed by atoms with Gasteiger partial charge in [0.2, 0.25) is 0 Å². The lowest BCUT2D eigenvalue weighted by Gasteiger charge is -2.39. The fourth-order valence-electron chi connectivity index (χ4n) is 1.95. The first-order chi connectivity index (χ1) is 8.70. The Kier molecular flexibility index (Phi) is 4.65. The minimum absolute atomic E-state index is 0.0684. The van der Waals surface area contributed by atoms with Gasteiger partial charge in [0.05, 0.1) is 0 Å². The fourth-order valence-corrected chi connectivity index (χ4v) is 1.95. The summed E-state index contributed by atoms with van der Waals surface area (Å²) in [6, 6.07) is -0.971. The molecule has 0 saturated heterocycles. The maximum atomic E-state index is 12.3. The van der Waals surface area contributed by atoms with Crippen molar-refractivity contribution in [1.82, 2.24) is 10.2 Å². The molecule has 0 aromatic carbocycles. The van der Waals surface area contributed by atoms with Crippen molar-refractivity contribution in [3.63, 3.8) is 0 Å². The molecule has 1 rings (SSSR count). The third kappa shape index (κ3) is 4.00. The van der Waals surface area contributed by atoms with Gasteiger partial charge in [0, 0.05) is 6.54 Å². The van der Waals surface area contributed by atoms with Crippen LogP contribution in [0.3, 0.4) is 0 Å². The van der Waals surface area contributed by atoms with Crippen LogP contribution in [0.2, 0.25) is 0 Å². The summed E-state index contributed by atoms with van der Waals surface area (Å²) in [5.74, 6) is -1.20. The van der Waals surface area contributed by atoms with Crippen LogP contribution in [0.4, 0.5) is 18.0 Å². The van der Waals surface area contributed by atoms with E-state index in [1.807, 2.05) is 0 Å². The molecule has 0 aromatic rings. The van der Waals surface area contributed by atoms with Crippen molar-refractivity contribution >= 4 is 12.0 Å². The number of aliphatic carboxylic acids is 1. The predicted molar refractivity (Wildman–Crippen MR) is 60.7 cm³/mol. The molecule has 0 radical (unpaired) electrons. The third-order valence-electron chi connectivity index (χ3n) is 3.11. The maximum absolute atomic E-state index is 12.3. The van der Waals surface area contributed by atoms with Gasteiger partial charge in [-0.15, -0.1) is 0 Å². The summed E-state index contributed by atoms with van der Waals surface area (Å²) in [6.45, 7) is 0.205. The highest BCUT2D eigenvalue weighted by Crippen LogP contribution is 2.32. The van der Waals surface area contributed by atoms with Gasteiger partial charge in [-0.2, -0.15) is 13.2 Å². The van der Waals surface area contributed by atoms with E-state index in [0.717, 1.165) is 0 Å². The lowest BCUT2D eigenvalue weighted by Crippen LogP contribution is -2.62. The van der Waals surface area contributed by atoms with Gasteiger partial charge in [0.15, 0.2) is 0 Å². The number of nitrogens with zero attached hydrogens (tertiary/aromatic N) is 1. The average Bonchev–Trinajstić information content (AvgIpc) is 2.20. The van der Waals surface area contributed by atoms with Crippen LogP contribution in [0.25, 0.3) is 0 Å². The largest absolute Gasteiger partial charge is 0.480 e. The smallest absolute Gasteiger partial charge is 0.406 e. The fraction of sp³-hybridized carbons (Fsp3) is 0.818. The Bertz CT molecular complexity index is 354. The number of amides is 2. The number of hydrogen-bond acceptors (Lipinski definition) is 2. The van der Waals surface area contributed by atoms with Crippen molar-refractivity contribution in [2.75, 3.05) is 13.1 Å². The molecule has 0 heterocycles. The van der Waals surface area contributed by atoms with Crippen molar-refractivity contribution in [3.05, 3.63) is 0 Å². The standard InChI is InChI=1S/C11H17F3N2O3/c1-2-6-16(7-11(12,13)14)9(19)15-10(8(17)18)4-3-5-10/h2-7H2,1H3,(H,15,19)(H,17,18). The van der Waals surface area contributed by atoms with E-state index in [-0.39, 0.29) is 19.4 Å². The molecule has 19 heavy (non-hydrogen) atoms. The molecule has 0 aromatic heterocycles. The molecule has 1 fully saturated rings. The Morgan fingerprint density at radius 1 is 1.37 bits per heavy atom. The molecule has 0 spiro atoms. The van der Waals surface area contributed by atoms with Gasteiger partial charge in [-0.3, -0.25) is 0 Å². The van der Waals surface area contributed by atoms with E-state index in [1.165, 1.54) is 0 Å². The van der Waals surface area contributed by atoms with Gasteiger partial charge >= 0.3 is 18.2 Å². The zero-order valence-electron chi connectivity index (χ0n) is 10.6. The number of hydrogen-bond donors (Lipinski definition) is 2. The second kappa shape index (κ2) is 5.66. The molecule has 1 aliphatic carbocycles. The number of urea groups is 1. The molecular weight excluding hydrogens is 265 g/mol. The second-order valence-electron chi connectivity index (χ2n) is 4.71. The van der Waals surface area contributed by atoms with Crippen molar-refractivity contribution < 1.29 is 27.9 Å². The molecule has 0 aliphatic heterocycles. The third-order valence-corrected chi connectivity index (χ3v) is 3.11.